The second-order valence-corrected chi connectivity index (χ2v) is 17.6. The van der Waals surface area contributed by atoms with Crippen LogP contribution in [0.5, 0.6) is 11.5 Å². The van der Waals surface area contributed by atoms with Crippen molar-refractivity contribution in [2.45, 2.75) is 71.5 Å². The average Bonchev–Trinajstić information content (AvgIpc) is 3.42. The molecule has 1 amide bonds. The molecule has 0 aromatic heterocycles. The number of methoxy groups -OCH3 is 1. The van der Waals surface area contributed by atoms with Crippen LogP contribution in [0.15, 0.2) is 27.3 Å². The lowest BCUT2D eigenvalue weighted by Gasteiger charge is -2.27. The van der Waals surface area contributed by atoms with E-state index in [4.69, 9.17) is 4.74 Å². The van der Waals surface area contributed by atoms with Gasteiger partial charge in [0.2, 0.25) is 5.91 Å². The molecule has 0 spiro atoms. The van der Waals surface area contributed by atoms with Gasteiger partial charge in [0.05, 0.1) is 37.0 Å². The highest BCUT2D eigenvalue weighted by molar-refractivity contribution is 6.39. The number of hydrogen-bond acceptors (Lipinski definition) is 14. The number of piperazine rings is 2. The number of anilines is 1. The Morgan fingerprint density at radius 3 is 1.97 bits per heavy atom. The number of nitrogens with one attached hydrogen (secondary N) is 4. The zero-order chi connectivity index (χ0) is 45.2. The second-order valence-electron chi connectivity index (χ2n) is 17.6. The standard InChI is InChI=1S/C49H60N6O9/c1-27-22-33-32(8-4-6-31(59)7-5-16-54-17-11-50-12-18-54)47(53-10-9-36(62)52-15-21-55-19-13-51-14-20-55)41-34(60)23-29(25-56)38-39-30(26-57)24-35(61)42-44(39)45(40(33)43(38)41)46(37(27)28(2)58)49(64-3)48(42)63/h22-24,37,50-51,53,56-57,63H,4-21,25-26H2,1-3H3,(H,52,62). The number of fused-ring (bicyclic) bond motifs is 1. The van der Waals surface area contributed by atoms with E-state index < -0.39 is 35.7 Å². The van der Waals surface area contributed by atoms with E-state index in [1.54, 1.807) is 0 Å². The van der Waals surface area contributed by atoms with Gasteiger partial charge in [-0.1, -0.05) is 11.6 Å². The number of allylic oxidation sites excluding steroid dienone is 1. The first-order chi connectivity index (χ1) is 31.0. The molecule has 0 saturated carbocycles. The first kappa shape index (κ1) is 45.3. The molecule has 15 heteroatoms. The molecule has 1 aliphatic carbocycles. The molecular formula is C49H60N6O9. The Morgan fingerprint density at radius 1 is 0.766 bits per heavy atom. The number of nitrogens with zero attached hydrogens (tertiary/aromatic N) is 2. The van der Waals surface area contributed by atoms with E-state index in [9.17, 15) is 39.3 Å². The number of ether oxygens (including phenoxy) is 1. The molecule has 340 valence electrons. The minimum atomic E-state index is -0.941. The van der Waals surface area contributed by atoms with Crippen molar-refractivity contribution in [3.8, 4) is 11.5 Å². The van der Waals surface area contributed by atoms with Crippen LogP contribution in [0.2, 0.25) is 0 Å². The molecule has 0 radical (unpaired) electrons. The zero-order valence-corrected chi connectivity index (χ0v) is 37.1. The van der Waals surface area contributed by atoms with Crippen molar-refractivity contribution in [1.29, 1.82) is 0 Å². The summed E-state index contributed by atoms with van der Waals surface area (Å²) in [6, 6.07) is 2.62. The molecule has 5 aromatic carbocycles. The summed E-state index contributed by atoms with van der Waals surface area (Å²) in [6.07, 6.45) is 4.31. The number of aliphatic hydroxyl groups excluding tert-OH is 2. The van der Waals surface area contributed by atoms with Crippen molar-refractivity contribution < 1.29 is 34.4 Å². The number of benzene rings is 5. The lowest BCUT2D eigenvalue weighted by molar-refractivity contribution is -0.121. The summed E-state index contributed by atoms with van der Waals surface area (Å²) in [5.41, 5.74) is 2.32. The van der Waals surface area contributed by atoms with Gasteiger partial charge < -0.3 is 46.2 Å². The van der Waals surface area contributed by atoms with Crippen molar-refractivity contribution in [3.05, 3.63) is 66.0 Å². The van der Waals surface area contributed by atoms with E-state index >= 15 is 0 Å². The van der Waals surface area contributed by atoms with Gasteiger partial charge in [-0.3, -0.25) is 28.9 Å². The SMILES string of the molecule is COc1c(O)c2c(=O)cc(CO)c3c4c(CO)cc(=O)c5c(NCCC(=O)NCCN6CCNCC6)c(CCCC(=O)CCCN6CCNCC6)c6c(c(c1C(C(C)=O)C(C)=C6)c23)c54. The predicted octanol–water partition coefficient (Wildman–Crippen LogP) is 3.08. The molecule has 7 N–H and O–H groups in total. The minimum absolute atomic E-state index is 0.0431. The fraction of sp³-hybridized carbons (Fsp3) is 0.490. The Kier molecular flexibility index (Phi) is 13.8. The summed E-state index contributed by atoms with van der Waals surface area (Å²) in [5.74, 6) is -1.69. The summed E-state index contributed by atoms with van der Waals surface area (Å²) in [4.78, 5) is 74.1. The lowest BCUT2D eigenvalue weighted by Crippen LogP contribution is -2.46. The Morgan fingerprint density at radius 2 is 1.36 bits per heavy atom. The quantitative estimate of drug-likeness (QED) is 0.0470. The lowest BCUT2D eigenvalue weighted by atomic mass is 9.78. The van der Waals surface area contributed by atoms with Gasteiger partial charge in [-0.05, 0) is 95.6 Å². The highest BCUT2D eigenvalue weighted by Crippen LogP contribution is 2.56. The average molecular weight is 877 g/mol. The number of phenols is 1. The number of amides is 1. The molecule has 2 heterocycles. The normalized spacial score (nSPS) is 17.1. The van der Waals surface area contributed by atoms with Gasteiger partial charge in [0.25, 0.3) is 0 Å². The van der Waals surface area contributed by atoms with Crippen LogP contribution in [0, 0.1) is 0 Å². The molecule has 2 saturated heterocycles. The highest BCUT2D eigenvalue weighted by Gasteiger charge is 2.37. The third-order valence-corrected chi connectivity index (χ3v) is 13.6. The molecule has 15 nitrogen and oxygen atoms in total. The van der Waals surface area contributed by atoms with Crippen LogP contribution >= 0.6 is 0 Å². The molecule has 5 aromatic rings. The van der Waals surface area contributed by atoms with E-state index in [2.05, 4.69) is 31.1 Å². The van der Waals surface area contributed by atoms with E-state index in [1.165, 1.54) is 26.2 Å². The number of carbonyl (C=O) groups is 3. The van der Waals surface area contributed by atoms with Crippen molar-refractivity contribution in [1.82, 2.24) is 25.8 Å². The second kappa shape index (κ2) is 19.4. The van der Waals surface area contributed by atoms with Crippen molar-refractivity contribution in [3.63, 3.8) is 0 Å². The van der Waals surface area contributed by atoms with E-state index in [0.29, 0.717) is 92.5 Å². The van der Waals surface area contributed by atoms with Crippen LogP contribution in [-0.2, 0) is 34.0 Å². The first-order valence-electron chi connectivity index (χ1n) is 22.7. The smallest absolute Gasteiger partial charge is 0.221 e. The monoisotopic (exact) mass is 876 g/mol. The summed E-state index contributed by atoms with van der Waals surface area (Å²) in [5, 5.41) is 49.7. The van der Waals surface area contributed by atoms with Gasteiger partial charge in [-0.25, -0.2) is 0 Å². The molecule has 2 aliphatic heterocycles. The summed E-state index contributed by atoms with van der Waals surface area (Å²) in [7, 11) is 1.37. The van der Waals surface area contributed by atoms with Crippen molar-refractivity contribution in [2.75, 3.05) is 91.0 Å². The number of phenolic OH excluding ortho intramolecular Hbond substituents is 1. The Hall–Kier alpha value is -5.29. The van der Waals surface area contributed by atoms with Crippen LogP contribution in [0.3, 0.4) is 0 Å². The topological polar surface area (TPSA) is 210 Å². The molecule has 64 heavy (non-hydrogen) atoms. The molecule has 2 fully saturated rings. The number of hydrogen-bond donors (Lipinski definition) is 7. The first-order valence-corrected chi connectivity index (χ1v) is 22.7. The number of carbonyl (C=O) groups excluding carboxylic acids is 3. The zero-order valence-electron chi connectivity index (χ0n) is 37.1. The number of Topliss-reactive ketones (excluding diaryl/α,β-unsaturated/α-hetero) is 2. The third kappa shape index (κ3) is 8.40. The van der Waals surface area contributed by atoms with Crippen LogP contribution in [-0.4, -0.2) is 128 Å². The van der Waals surface area contributed by atoms with Crippen molar-refractivity contribution in [2.24, 2.45) is 0 Å². The molecule has 1 atom stereocenters. The predicted molar refractivity (Wildman–Crippen MR) is 250 cm³/mol. The number of ketones is 2. The summed E-state index contributed by atoms with van der Waals surface area (Å²) >= 11 is 0. The summed E-state index contributed by atoms with van der Waals surface area (Å²) in [6.45, 7) is 11.9. The molecule has 3 aliphatic rings. The molecule has 1 unspecified atom stereocenters. The van der Waals surface area contributed by atoms with Gasteiger partial charge in [0, 0.05) is 113 Å². The van der Waals surface area contributed by atoms with Gasteiger partial charge in [0.15, 0.2) is 22.4 Å². The maximum Gasteiger partial charge on any atom is 0.221 e. The van der Waals surface area contributed by atoms with Gasteiger partial charge in [-0.15, -0.1) is 0 Å². The van der Waals surface area contributed by atoms with Crippen LogP contribution in [0.1, 0.15) is 79.7 Å². The highest BCUT2D eigenvalue weighted by atomic mass is 16.5. The molecular weight excluding hydrogens is 817 g/mol. The molecule has 0 bridgehead atoms. The Labute approximate surface area is 371 Å². The number of aromatic hydroxyl groups is 1. The Bertz CT molecular complexity index is 2760. The van der Waals surface area contributed by atoms with E-state index in [0.717, 1.165) is 71.9 Å². The summed E-state index contributed by atoms with van der Waals surface area (Å²) < 4.78 is 5.89. The van der Waals surface area contributed by atoms with Crippen LogP contribution in [0.4, 0.5) is 5.69 Å². The van der Waals surface area contributed by atoms with Gasteiger partial charge in [0.1, 0.15) is 11.6 Å². The third-order valence-electron chi connectivity index (χ3n) is 13.6. The van der Waals surface area contributed by atoms with E-state index in [-0.39, 0.29) is 58.1 Å². The van der Waals surface area contributed by atoms with Gasteiger partial charge >= 0.3 is 0 Å². The van der Waals surface area contributed by atoms with Crippen LogP contribution in [0.25, 0.3) is 49.2 Å². The Balaban J connectivity index is 1.31. The van der Waals surface area contributed by atoms with Gasteiger partial charge in [-0.2, -0.15) is 0 Å². The minimum Gasteiger partial charge on any atom is -0.504 e. The maximum atomic E-state index is 14.7. The fourth-order valence-electron chi connectivity index (χ4n) is 10.7. The molecule has 8 rings (SSSR count). The van der Waals surface area contributed by atoms with Crippen molar-refractivity contribution >= 4 is 72.3 Å². The van der Waals surface area contributed by atoms with Crippen LogP contribution < -0.4 is 36.9 Å². The fourth-order valence-corrected chi connectivity index (χ4v) is 10.7. The maximum absolute atomic E-state index is 14.7. The number of aliphatic hydroxyl groups is 2. The van der Waals surface area contributed by atoms with E-state index in [1.807, 2.05) is 13.0 Å². The largest absolute Gasteiger partial charge is 0.504 e. The number of rotatable bonds is 19.